The second-order valence-electron chi connectivity index (χ2n) is 9.13. The van der Waals surface area contributed by atoms with Crippen molar-refractivity contribution in [2.24, 2.45) is 11.7 Å². The van der Waals surface area contributed by atoms with Crippen LogP contribution in [0.25, 0.3) is 28.1 Å². The van der Waals surface area contributed by atoms with E-state index in [1.807, 2.05) is 6.20 Å². The molecule has 1 heterocycles. The number of aryl methyl sites for hydroxylation is 1. The lowest BCUT2D eigenvalue weighted by Crippen LogP contribution is -2.17. The maximum absolute atomic E-state index is 5.94. The number of benzene rings is 2. The number of nitrogens with one attached hydrogen (secondary N) is 2. The minimum atomic E-state index is 0.412. The number of imidazole rings is 1. The molecule has 0 fully saturated rings. The highest BCUT2D eigenvalue weighted by Crippen LogP contribution is 2.26. The Morgan fingerprint density at radius 3 is 2.21 bits per heavy atom. The number of nitrogens with zero attached hydrogens (tertiary/aromatic N) is 1. The van der Waals surface area contributed by atoms with Crippen LogP contribution in [0.1, 0.15) is 70.7 Å². The Hall–Kier alpha value is -3.27. The van der Waals surface area contributed by atoms with Crippen molar-refractivity contribution in [3.8, 4) is 22.4 Å². The first kappa shape index (κ1) is 25.4. The van der Waals surface area contributed by atoms with Crippen molar-refractivity contribution in [2.75, 3.05) is 0 Å². The zero-order valence-corrected chi connectivity index (χ0v) is 21.0. The summed E-state index contributed by atoms with van der Waals surface area (Å²) in [4.78, 5) is 8.01. The van der Waals surface area contributed by atoms with Crippen molar-refractivity contribution < 1.29 is 0 Å². The third-order valence-electron chi connectivity index (χ3n) is 6.42. The van der Waals surface area contributed by atoms with Gasteiger partial charge in [0, 0.05) is 18.3 Å². The third-order valence-corrected chi connectivity index (χ3v) is 6.42. The minimum absolute atomic E-state index is 0.412. The topological polar surface area (TPSA) is 66.7 Å². The summed E-state index contributed by atoms with van der Waals surface area (Å²) in [6.07, 6.45) is 11.8. The van der Waals surface area contributed by atoms with E-state index in [4.69, 9.17) is 5.73 Å². The van der Waals surface area contributed by atoms with Gasteiger partial charge in [-0.3, -0.25) is 0 Å². The average Bonchev–Trinajstić information content (AvgIpc) is 3.35. The summed E-state index contributed by atoms with van der Waals surface area (Å²) < 4.78 is 0. The molecule has 1 aromatic heterocycles. The van der Waals surface area contributed by atoms with Crippen LogP contribution in [0.15, 0.2) is 73.2 Å². The van der Waals surface area contributed by atoms with E-state index < -0.39 is 0 Å². The maximum atomic E-state index is 5.94. The Morgan fingerprint density at radius 1 is 0.971 bits per heavy atom. The fourth-order valence-electron chi connectivity index (χ4n) is 4.05. The van der Waals surface area contributed by atoms with Crippen molar-refractivity contribution in [3.05, 3.63) is 84.6 Å². The number of aromatic amines is 1. The summed E-state index contributed by atoms with van der Waals surface area (Å²) in [5, 5.41) is 3.43. The summed E-state index contributed by atoms with van der Waals surface area (Å²) in [5.41, 5.74) is 13.5. The maximum Gasteiger partial charge on any atom is 0.106 e. The van der Waals surface area contributed by atoms with Crippen LogP contribution >= 0.6 is 0 Å². The summed E-state index contributed by atoms with van der Waals surface area (Å²) in [6, 6.07) is 17.1. The van der Waals surface area contributed by atoms with Gasteiger partial charge in [-0.25, -0.2) is 4.98 Å². The standard InChI is InChI=1S/C30H40N4/c1-5-7-9-11-30-32-21-29(34-30)27-18-14-25(15-19-27)24-12-16-26(17-13-24)28(20-31)33-23(4)22(3)10-8-6-2/h12-22,33H,4-11,31H2,1-3H3,(H,32,34)/b28-20-/t22-/m0/s1. The van der Waals surface area contributed by atoms with E-state index >= 15 is 0 Å². The Kier molecular flexibility index (Phi) is 9.57. The number of unbranched alkanes of at least 4 members (excludes halogenated alkanes) is 3. The first-order valence-electron chi connectivity index (χ1n) is 12.7. The minimum Gasteiger partial charge on any atom is -0.403 e. The molecule has 0 saturated carbocycles. The van der Waals surface area contributed by atoms with Gasteiger partial charge in [0.2, 0.25) is 0 Å². The molecule has 0 amide bonds. The van der Waals surface area contributed by atoms with Gasteiger partial charge in [0.25, 0.3) is 0 Å². The Balaban J connectivity index is 1.64. The third kappa shape index (κ3) is 6.86. The lowest BCUT2D eigenvalue weighted by molar-refractivity contribution is 0.556. The predicted molar refractivity (Wildman–Crippen MR) is 146 cm³/mol. The van der Waals surface area contributed by atoms with Crippen LogP contribution in [0.2, 0.25) is 0 Å². The number of nitrogens with two attached hydrogens (primary N) is 1. The van der Waals surface area contributed by atoms with E-state index in [0.717, 1.165) is 46.9 Å². The van der Waals surface area contributed by atoms with Crippen molar-refractivity contribution in [1.29, 1.82) is 0 Å². The molecule has 0 spiro atoms. The monoisotopic (exact) mass is 456 g/mol. The summed E-state index contributed by atoms with van der Waals surface area (Å²) in [6.45, 7) is 10.9. The average molecular weight is 457 g/mol. The molecule has 180 valence electrons. The van der Waals surface area contributed by atoms with Crippen LogP contribution in [0.3, 0.4) is 0 Å². The van der Waals surface area contributed by atoms with Crippen LogP contribution in [0.4, 0.5) is 0 Å². The highest BCUT2D eigenvalue weighted by molar-refractivity contribution is 5.72. The lowest BCUT2D eigenvalue weighted by Gasteiger charge is -2.19. The molecule has 0 aliphatic heterocycles. The number of aromatic nitrogens is 2. The van der Waals surface area contributed by atoms with Crippen molar-refractivity contribution in [2.45, 2.75) is 65.7 Å². The van der Waals surface area contributed by atoms with Crippen LogP contribution < -0.4 is 11.1 Å². The number of hydrogen-bond acceptors (Lipinski definition) is 3. The molecular weight excluding hydrogens is 416 g/mol. The number of H-pyrrole nitrogens is 1. The van der Waals surface area contributed by atoms with Gasteiger partial charge < -0.3 is 16.0 Å². The van der Waals surface area contributed by atoms with Gasteiger partial charge in [-0.05, 0) is 41.0 Å². The van der Waals surface area contributed by atoms with Crippen molar-refractivity contribution in [1.82, 2.24) is 15.3 Å². The summed E-state index contributed by atoms with van der Waals surface area (Å²) in [5.74, 6) is 1.48. The molecule has 4 N–H and O–H groups in total. The SMILES string of the molecule is C=C(N/C(=C\N)c1ccc(-c2ccc(-c3cnc(CCCCC)[nH]3)cc2)cc1)[C@@H](C)CCCC. The van der Waals surface area contributed by atoms with E-state index in [2.05, 4.69) is 91.2 Å². The molecule has 3 aromatic rings. The predicted octanol–water partition coefficient (Wildman–Crippen LogP) is 7.66. The van der Waals surface area contributed by atoms with E-state index in [1.54, 1.807) is 6.20 Å². The normalized spacial score (nSPS) is 12.5. The molecule has 0 aliphatic carbocycles. The highest BCUT2D eigenvalue weighted by atomic mass is 14.9. The molecule has 0 unspecified atom stereocenters. The van der Waals surface area contributed by atoms with Gasteiger partial charge in [0.15, 0.2) is 0 Å². The van der Waals surface area contributed by atoms with Crippen molar-refractivity contribution in [3.63, 3.8) is 0 Å². The van der Waals surface area contributed by atoms with Gasteiger partial charge in [-0.2, -0.15) is 0 Å². The van der Waals surface area contributed by atoms with E-state index in [-0.39, 0.29) is 0 Å². The number of allylic oxidation sites excluding steroid dienone is 1. The highest BCUT2D eigenvalue weighted by Gasteiger charge is 2.10. The number of rotatable bonds is 13. The summed E-state index contributed by atoms with van der Waals surface area (Å²) >= 11 is 0. The van der Waals surface area contributed by atoms with E-state index in [0.29, 0.717) is 5.92 Å². The molecule has 34 heavy (non-hydrogen) atoms. The zero-order chi connectivity index (χ0) is 24.3. The van der Waals surface area contributed by atoms with E-state index in [1.165, 1.54) is 43.2 Å². The van der Waals surface area contributed by atoms with E-state index in [9.17, 15) is 0 Å². The van der Waals surface area contributed by atoms with Crippen LogP contribution in [-0.4, -0.2) is 9.97 Å². The van der Waals surface area contributed by atoms with Crippen molar-refractivity contribution >= 4 is 5.70 Å². The lowest BCUT2D eigenvalue weighted by atomic mass is 9.99. The quantitative estimate of drug-likeness (QED) is 0.231. The molecule has 4 nitrogen and oxygen atoms in total. The number of hydrogen-bond donors (Lipinski definition) is 3. The molecular formula is C30H40N4. The van der Waals surface area contributed by atoms with Crippen LogP contribution in [0.5, 0.6) is 0 Å². The Morgan fingerprint density at radius 2 is 1.59 bits per heavy atom. The molecule has 0 radical (unpaired) electrons. The fraction of sp³-hybridized carbons (Fsp3) is 0.367. The van der Waals surface area contributed by atoms with Gasteiger partial charge in [0.05, 0.1) is 17.6 Å². The van der Waals surface area contributed by atoms with Gasteiger partial charge >= 0.3 is 0 Å². The summed E-state index contributed by atoms with van der Waals surface area (Å²) in [7, 11) is 0. The van der Waals surface area contributed by atoms with Crippen LogP contribution in [0, 0.1) is 5.92 Å². The molecule has 2 aromatic carbocycles. The zero-order valence-electron chi connectivity index (χ0n) is 21.0. The molecule has 1 atom stereocenters. The van der Waals surface area contributed by atoms with Crippen LogP contribution in [-0.2, 0) is 6.42 Å². The molecule has 0 aliphatic rings. The molecule has 4 heteroatoms. The second kappa shape index (κ2) is 12.8. The van der Waals surface area contributed by atoms with Gasteiger partial charge in [-0.15, -0.1) is 0 Å². The molecule has 3 rings (SSSR count). The van der Waals surface area contributed by atoms with Gasteiger partial charge in [-0.1, -0.05) is 102 Å². The fourth-order valence-corrected chi connectivity index (χ4v) is 4.05. The largest absolute Gasteiger partial charge is 0.403 e. The smallest absolute Gasteiger partial charge is 0.106 e. The Labute approximate surface area is 205 Å². The molecule has 0 bridgehead atoms. The first-order valence-corrected chi connectivity index (χ1v) is 12.7. The first-order chi connectivity index (χ1) is 16.5. The Bertz CT molecular complexity index is 1060. The second-order valence-corrected chi connectivity index (χ2v) is 9.13. The van der Waals surface area contributed by atoms with Gasteiger partial charge in [0.1, 0.15) is 5.82 Å². The molecule has 0 saturated heterocycles.